The molecule has 0 radical (unpaired) electrons. The van der Waals surface area contributed by atoms with Crippen LogP contribution in [0.15, 0.2) is 18.2 Å². The van der Waals surface area contributed by atoms with Crippen molar-refractivity contribution >= 4 is 35.4 Å². The van der Waals surface area contributed by atoms with Crippen molar-refractivity contribution in [2.75, 3.05) is 11.9 Å². The number of phenolic OH excluding ortho intramolecular Hbond substituents is 1. The quantitative estimate of drug-likeness (QED) is 0.193. The number of carbonyl (C=O) groups excluding carboxylic acids is 5. The highest BCUT2D eigenvalue weighted by Gasteiger charge is 2.40. The van der Waals surface area contributed by atoms with Gasteiger partial charge in [0.1, 0.15) is 18.8 Å². The fourth-order valence-electron chi connectivity index (χ4n) is 3.78. The van der Waals surface area contributed by atoms with Gasteiger partial charge in [0.05, 0.1) is 23.1 Å². The molecule has 2 amide bonds. The molecule has 1 aromatic carbocycles. The highest BCUT2D eigenvalue weighted by Crippen LogP contribution is 2.28. The molecule has 0 aromatic heterocycles. The van der Waals surface area contributed by atoms with Crippen LogP contribution < -0.4 is 10.6 Å². The maximum absolute atomic E-state index is 13.1. The van der Waals surface area contributed by atoms with Gasteiger partial charge >= 0.3 is 17.9 Å². The lowest BCUT2D eigenvalue weighted by Gasteiger charge is -2.26. The number of carbonyl (C=O) groups is 5. The standard InChI is InChI=1S/C26H36N2O9/c1-6-7-8-10-17-20(37-24(32)14(2)3)13-35-26(34)21(15(4)36-25(17)33)28-23(31)18-11-9-12-19(22(18)30)27-16(5)29/h9,11-12,14-15,17,20-21,30H,6-8,10,13H2,1-5H3,(H,27,29)(H,28,31)/t15-,17-,20+,21+/m1/s1. The molecule has 1 fully saturated rings. The van der Waals surface area contributed by atoms with E-state index in [9.17, 15) is 29.1 Å². The average Bonchev–Trinajstić information content (AvgIpc) is 2.86. The Labute approximate surface area is 216 Å². The number of rotatable bonds is 9. The van der Waals surface area contributed by atoms with Crippen LogP contribution in [0.1, 0.15) is 70.7 Å². The van der Waals surface area contributed by atoms with Crippen LogP contribution in [0.3, 0.4) is 0 Å². The molecule has 0 saturated carbocycles. The van der Waals surface area contributed by atoms with E-state index in [2.05, 4.69) is 10.6 Å². The van der Waals surface area contributed by atoms with Crippen molar-refractivity contribution in [1.82, 2.24) is 5.32 Å². The highest BCUT2D eigenvalue weighted by molar-refractivity contribution is 6.02. The van der Waals surface area contributed by atoms with Gasteiger partial charge in [0.25, 0.3) is 5.91 Å². The summed E-state index contributed by atoms with van der Waals surface area (Å²) in [6, 6.07) is 2.75. The maximum atomic E-state index is 13.1. The number of ether oxygens (including phenoxy) is 3. The molecule has 1 aromatic rings. The van der Waals surface area contributed by atoms with Gasteiger partial charge in [0, 0.05) is 6.92 Å². The predicted octanol–water partition coefficient (Wildman–Crippen LogP) is 2.70. The summed E-state index contributed by atoms with van der Waals surface area (Å²) in [6.45, 7) is 7.61. The molecular formula is C26H36N2O9. The Bertz CT molecular complexity index is 1010. The molecule has 1 heterocycles. The van der Waals surface area contributed by atoms with E-state index >= 15 is 0 Å². The third-order valence-corrected chi connectivity index (χ3v) is 5.90. The summed E-state index contributed by atoms with van der Waals surface area (Å²) < 4.78 is 16.4. The molecule has 11 nitrogen and oxygen atoms in total. The summed E-state index contributed by atoms with van der Waals surface area (Å²) in [5.41, 5.74) is -0.194. The number of anilines is 1. The number of nitrogens with one attached hydrogen (secondary N) is 2. The topological polar surface area (TPSA) is 157 Å². The van der Waals surface area contributed by atoms with Crippen molar-refractivity contribution in [3.05, 3.63) is 23.8 Å². The Morgan fingerprint density at radius 2 is 1.86 bits per heavy atom. The van der Waals surface area contributed by atoms with Crippen molar-refractivity contribution in [3.63, 3.8) is 0 Å². The van der Waals surface area contributed by atoms with E-state index < -0.39 is 65.6 Å². The van der Waals surface area contributed by atoms with E-state index in [1.807, 2.05) is 6.92 Å². The summed E-state index contributed by atoms with van der Waals surface area (Å²) in [5, 5.41) is 15.3. The third kappa shape index (κ3) is 8.19. The van der Waals surface area contributed by atoms with Gasteiger partial charge in [-0.15, -0.1) is 0 Å². The summed E-state index contributed by atoms with van der Waals surface area (Å²) in [5.74, 6) is -5.21. The second kappa shape index (κ2) is 13.6. The normalized spacial score (nSPS) is 22.1. The fraction of sp³-hybridized carbons (Fsp3) is 0.577. The lowest BCUT2D eigenvalue weighted by atomic mass is 9.95. The van der Waals surface area contributed by atoms with E-state index in [4.69, 9.17) is 14.2 Å². The van der Waals surface area contributed by atoms with E-state index in [0.717, 1.165) is 12.8 Å². The number of hydrogen-bond acceptors (Lipinski definition) is 9. The smallest absolute Gasteiger partial charge is 0.332 e. The van der Waals surface area contributed by atoms with Crippen molar-refractivity contribution < 1.29 is 43.3 Å². The van der Waals surface area contributed by atoms with Gasteiger partial charge in [0.2, 0.25) is 5.91 Å². The molecule has 0 bridgehead atoms. The first-order valence-electron chi connectivity index (χ1n) is 12.4. The molecular weight excluding hydrogens is 484 g/mol. The van der Waals surface area contributed by atoms with Crippen LogP contribution in [-0.4, -0.2) is 59.7 Å². The first kappa shape index (κ1) is 29.6. The monoisotopic (exact) mass is 520 g/mol. The summed E-state index contributed by atoms with van der Waals surface area (Å²) in [4.78, 5) is 62.7. The summed E-state index contributed by atoms with van der Waals surface area (Å²) in [6.07, 6.45) is 0.643. The van der Waals surface area contributed by atoms with E-state index in [0.29, 0.717) is 12.8 Å². The molecule has 0 unspecified atom stereocenters. The molecule has 2 rings (SSSR count). The van der Waals surface area contributed by atoms with Gasteiger partial charge in [-0.25, -0.2) is 4.79 Å². The van der Waals surface area contributed by atoms with Crippen LogP contribution >= 0.6 is 0 Å². The maximum Gasteiger partial charge on any atom is 0.332 e. The largest absolute Gasteiger partial charge is 0.505 e. The number of esters is 3. The number of cyclic esters (lactones) is 2. The number of hydrogen-bond donors (Lipinski definition) is 3. The SMILES string of the molecule is CCCCC[C@H]1C(=O)O[C@H](C)[C@H](NC(=O)c2cccc(NC(C)=O)c2O)C(=O)OC[C@@H]1OC(=O)C(C)C. The van der Waals surface area contributed by atoms with Crippen LogP contribution in [0.5, 0.6) is 5.75 Å². The molecule has 3 N–H and O–H groups in total. The zero-order valence-electron chi connectivity index (χ0n) is 21.9. The molecule has 204 valence electrons. The summed E-state index contributed by atoms with van der Waals surface area (Å²) >= 11 is 0. The lowest BCUT2D eigenvalue weighted by molar-refractivity contribution is -0.170. The van der Waals surface area contributed by atoms with E-state index in [1.54, 1.807) is 13.8 Å². The molecule has 1 saturated heterocycles. The number of amides is 2. The Balaban J connectivity index is 2.29. The van der Waals surface area contributed by atoms with Crippen LogP contribution in [0.2, 0.25) is 0 Å². The Morgan fingerprint density at radius 3 is 2.49 bits per heavy atom. The second-order valence-corrected chi connectivity index (χ2v) is 9.34. The summed E-state index contributed by atoms with van der Waals surface area (Å²) in [7, 11) is 0. The number of benzene rings is 1. The van der Waals surface area contributed by atoms with Crippen LogP contribution in [0, 0.1) is 11.8 Å². The van der Waals surface area contributed by atoms with Gasteiger partial charge in [0.15, 0.2) is 11.8 Å². The molecule has 11 heteroatoms. The number of para-hydroxylation sites is 1. The number of unbranched alkanes of at least 4 members (excludes halogenated alkanes) is 2. The molecule has 0 spiro atoms. The third-order valence-electron chi connectivity index (χ3n) is 5.90. The van der Waals surface area contributed by atoms with Crippen molar-refractivity contribution in [3.8, 4) is 5.75 Å². The lowest BCUT2D eigenvalue weighted by Crippen LogP contribution is -2.49. The van der Waals surface area contributed by atoms with Crippen LogP contribution in [0.4, 0.5) is 5.69 Å². The van der Waals surface area contributed by atoms with E-state index in [1.165, 1.54) is 32.0 Å². The molecule has 37 heavy (non-hydrogen) atoms. The van der Waals surface area contributed by atoms with E-state index in [-0.39, 0.29) is 17.9 Å². The average molecular weight is 521 g/mol. The minimum Gasteiger partial charge on any atom is -0.505 e. The number of phenols is 1. The molecule has 4 atom stereocenters. The van der Waals surface area contributed by atoms with Gasteiger partial charge in [-0.3, -0.25) is 19.2 Å². The first-order valence-corrected chi connectivity index (χ1v) is 12.4. The number of aromatic hydroxyl groups is 1. The fourth-order valence-corrected chi connectivity index (χ4v) is 3.78. The van der Waals surface area contributed by atoms with Crippen LogP contribution in [0.25, 0.3) is 0 Å². The minimum absolute atomic E-state index is 0.0152. The highest BCUT2D eigenvalue weighted by atomic mass is 16.6. The van der Waals surface area contributed by atoms with Crippen molar-refractivity contribution in [2.45, 2.75) is 78.6 Å². The van der Waals surface area contributed by atoms with Gasteiger partial charge in [-0.1, -0.05) is 46.1 Å². The van der Waals surface area contributed by atoms with Gasteiger partial charge in [-0.2, -0.15) is 0 Å². The Morgan fingerprint density at radius 1 is 1.16 bits per heavy atom. The minimum atomic E-state index is -1.41. The van der Waals surface area contributed by atoms with Crippen molar-refractivity contribution in [2.24, 2.45) is 11.8 Å². The van der Waals surface area contributed by atoms with Gasteiger partial charge < -0.3 is 30.0 Å². The predicted molar refractivity (Wildman–Crippen MR) is 133 cm³/mol. The first-order chi connectivity index (χ1) is 17.5. The van der Waals surface area contributed by atoms with Crippen molar-refractivity contribution in [1.29, 1.82) is 0 Å². The van der Waals surface area contributed by atoms with Crippen LogP contribution in [-0.2, 0) is 33.4 Å². The molecule has 1 aliphatic heterocycles. The zero-order chi connectivity index (χ0) is 27.7. The molecule has 1 aliphatic rings. The second-order valence-electron chi connectivity index (χ2n) is 9.34. The van der Waals surface area contributed by atoms with Gasteiger partial charge in [-0.05, 0) is 25.5 Å². The Kier molecular flexibility index (Phi) is 10.9. The molecule has 0 aliphatic carbocycles. The zero-order valence-corrected chi connectivity index (χ0v) is 21.9. The Hall–Kier alpha value is -3.63.